The quantitative estimate of drug-likeness (QED) is 0.730. The van der Waals surface area contributed by atoms with Gasteiger partial charge in [-0.25, -0.2) is 0 Å². The van der Waals surface area contributed by atoms with E-state index in [1.165, 1.54) is 0 Å². The normalized spacial score (nSPS) is 10.7. The van der Waals surface area contributed by atoms with Crippen LogP contribution >= 0.6 is 0 Å². The van der Waals surface area contributed by atoms with Crippen molar-refractivity contribution in [1.29, 1.82) is 0 Å². The van der Waals surface area contributed by atoms with Crippen LogP contribution in [0.5, 0.6) is 0 Å². The van der Waals surface area contributed by atoms with E-state index < -0.39 is 0 Å². The van der Waals surface area contributed by atoms with Crippen LogP contribution in [0.4, 0.5) is 0 Å². The Kier molecular flexibility index (Phi) is 3.91. The van der Waals surface area contributed by atoms with Crippen molar-refractivity contribution in [3.8, 4) is 0 Å². The van der Waals surface area contributed by atoms with Gasteiger partial charge in [0, 0.05) is 30.9 Å². The second kappa shape index (κ2) is 6.17. The second-order valence-corrected chi connectivity index (χ2v) is 4.70. The molecule has 106 valence electrons. The maximum absolute atomic E-state index is 12.1. The highest BCUT2D eigenvalue weighted by Crippen LogP contribution is 2.10. The maximum atomic E-state index is 12.1. The van der Waals surface area contributed by atoms with Crippen LogP contribution in [0.3, 0.4) is 0 Å². The van der Waals surface area contributed by atoms with Crippen molar-refractivity contribution in [2.24, 2.45) is 0 Å². The van der Waals surface area contributed by atoms with Gasteiger partial charge >= 0.3 is 0 Å². The lowest BCUT2D eigenvalue weighted by atomic mass is 10.1. The average Bonchev–Trinajstić information content (AvgIpc) is 3.04. The maximum Gasteiger partial charge on any atom is 0.251 e. The van der Waals surface area contributed by atoms with E-state index in [0.29, 0.717) is 12.1 Å². The standard InChI is InChI=1S/C16H15N3O2/c20-16(19-7-1-3-13-4-2-10-21-13)12-5-6-14-15(11-12)18-9-8-17-14/h2,4-6,8-11H,1,3,7H2,(H,19,20). The molecule has 5 nitrogen and oxygen atoms in total. The largest absolute Gasteiger partial charge is 0.469 e. The Balaban J connectivity index is 1.56. The van der Waals surface area contributed by atoms with E-state index in [1.807, 2.05) is 12.1 Å². The highest BCUT2D eigenvalue weighted by Gasteiger charge is 2.06. The summed E-state index contributed by atoms with van der Waals surface area (Å²) in [6, 6.07) is 9.12. The van der Waals surface area contributed by atoms with E-state index in [0.717, 1.165) is 29.6 Å². The molecular weight excluding hydrogens is 266 g/mol. The number of nitrogens with zero attached hydrogens (tertiary/aromatic N) is 2. The molecule has 2 aromatic heterocycles. The number of rotatable bonds is 5. The van der Waals surface area contributed by atoms with Gasteiger partial charge in [0.2, 0.25) is 0 Å². The molecule has 5 heteroatoms. The average molecular weight is 281 g/mol. The van der Waals surface area contributed by atoms with Crippen LogP contribution in [0.25, 0.3) is 11.0 Å². The summed E-state index contributed by atoms with van der Waals surface area (Å²) in [6.07, 6.45) is 6.57. The number of aromatic nitrogens is 2. The predicted octanol–water partition coefficient (Wildman–Crippen LogP) is 2.59. The fourth-order valence-corrected chi connectivity index (χ4v) is 2.13. The smallest absolute Gasteiger partial charge is 0.251 e. The summed E-state index contributed by atoms with van der Waals surface area (Å²) < 4.78 is 5.25. The van der Waals surface area contributed by atoms with Gasteiger partial charge in [-0.15, -0.1) is 0 Å². The zero-order chi connectivity index (χ0) is 14.5. The molecule has 2 heterocycles. The van der Waals surface area contributed by atoms with Gasteiger partial charge in [-0.1, -0.05) is 0 Å². The Morgan fingerprint density at radius 2 is 2.00 bits per heavy atom. The molecule has 0 spiro atoms. The summed E-state index contributed by atoms with van der Waals surface area (Å²) in [6.45, 7) is 0.609. The van der Waals surface area contributed by atoms with E-state index in [4.69, 9.17) is 4.42 Å². The van der Waals surface area contributed by atoms with Crippen molar-refractivity contribution >= 4 is 16.9 Å². The summed E-state index contributed by atoms with van der Waals surface area (Å²) in [5, 5.41) is 2.90. The van der Waals surface area contributed by atoms with Crippen LogP contribution in [0.2, 0.25) is 0 Å². The molecule has 21 heavy (non-hydrogen) atoms. The Morgan fingerprint density at radius 3 is 2.81 bits per heavy atom. The first-order chi connectivity index (χ1) is 10.3. The number of nitrogens with one attached hydrogen (secondary N) is 1. The van der Waals surface area contributed by atoms with Gasteiger partial charge in [-0.3, -0.25) is 14.8 Å². The SMILES string of the molecule is O=C(NCCCc1ccco1)c1ccc2nccnc2c1. The highest BCUT2D eigenvalue weighted by atomic mass is 16.3. The number of aryl methyl sites for hydroxylation is 1. The lowest BCUT2D eigenvalue weighted by molar-refractivity contribution is 0.0953. The topological polar surface area (TPSA) is 68.0 Å². The zero-order valence-electron chi connectivity index (χ0n) is 11.5. The molecule has 0 radical (unpaired) electrons. The monoisotopic (exact) mass is 281 g/mol. The van der Waals surface area contributed by atoms with Crippen molar-refractivity contribution in [1.82, 2.24) is 15.3 Å². The van der Waals surface area contributed by atoms with Crippen LogP contribution in [0.15, 0.2) is 53.4 Å². The third-order valence-electron chi connectivity index (χ3n) is 3.20. The van der Waals surface area contributed by atoms with Crippen LogP contribution in [0.1, 0.15) is 22.5 Å². The summed E-state index contributed by atoms with van der Waals surface area (Å²) in [5.74, 6) is 0.840. The molecule has 0 saturated carbocycles. The summed E-state index contributed by atoms with van der Waals surface area (Å²) >= 11 is 0. The Morgan fingerprint density at radius 1 is 1.14 bits per heavy atom. The van der Waals surface area contributed by atoms with Gasteiger partial charge < -0.3 is 9.73 Å². The Labute approximate surface area is 122 Å². The lowest BCUT2D eigenvalue weighted by Gasteiger charge is -2.05. The Hall–Kier alpha value is -2.69. The molecule has 3 rings (SSSR count). The molecule has 0 atom stereocenters. The summed E-state index contributed by atoms with van der Waals surface area (Å²) in [5.41, 5.74) is 2.11. The van der Waals surface area contributed by atoms with Crippen LogP contribution < -0.4 is 5.32 Å². The lowest BCUT2D eigenvalue weighted by Crippen LogP contribution is -2.24. The van der Waals surface area contributed by atoms with E-state index in [2.05, 4.69) is 15.3 Å². The molecule has 1 amide bonds. The Bertz CT molecular complexity index is 738. The number of amides is 1. The van der Waals surface area contributed by atoms with E-state index in [9.17, 15) is 4.79 Å². The van der Waals surface area contributed by atoms with Crippen LogP contribution in [0, 0.1) is 0 Å². The molecule has 3 aromatic rings. The van der Waals surface area contributed by atoms with Crippen LogP contribution in [-0.2, 0) is 6.42 Å². The van der Waals surface area contributed by atoms with Gasteiger partial charge in [-0.2, -0.15) is 0 Å². The predicted molar refractivity (Wildman–Crippen MR) is 78.9 cm³/mol. The van der Waals surface area contributed by atoms with Gasteiger partial charge in [0.05, 0.1) is 17.3 Å². The van der Waals surface area contributed by atoms with Crippen molar-refractivity contribution in [2.45, 2.75) is 12.8 Å². The van der Waals surface area contributed by atoms with Gasteiger partial charge in [-0.05, 0) is 36.8 Å². The van der Waals surface area contributed by atoms with Gasteiger partial charge in [0.1, 0.15) is 5.76 Å². The van der Waals surface area contributed by atoms with Crippen molar-refractivity contribution < 1.29 is 9.21 Å². The molecule has 0 fully saturated rings. The fraction of sp³-hybridized carbons (Fsp3) is 0.188. The molecule has 0 saturated heterocycles. The third kappa shape index (κ3) is 3.25. The molecule has 0 unspecified atom stereocenters. The zero-order valence-corrected chi connectivity index (χ0v) is 11.5. The third-order valence-corrected chi connectivity index (χ3v) is 3.20. The van der Waals surface area contributed by atoms with E-state index in [-0.39, 0.29) is 5.91 Å². The first-order valence-corrected chi connectivity index (χ1v) is 6.84. The number of hydrogen-bond acceptors (Lipinski definition) is 4. The first-order valence-electron chi connectivity index (χ1n) is 6.84. The minimum absolute atomic E-state index is 0.0954. The molecule has 0 bridgehead atoms. The van der Waals surface area contributed by atoms with E-state index >= 15 is 0 Å². The van der Waals surface area contributed by atoms with Crippen molar-refractivity contribution in [2.75, 3.05) is 6.54 Å². The number of carbonyl (C=O) groups excluding carboxylic acids is 1. The van der Waals surface area contributed by atoms with Crippen LogP contribution in [-0.4, -0.2) is 22.4 Å². The first kappa shape index (κ1) is 13.3. The number of benzene rings is 1. The number of carbonyl (C=O) groups is 1. The van der Waals surface area contributed by atoms with E-state index in [1.54, 1.807) is 36.9 Å². The number of fused-ring (bicyclic) bond motifs is 1. The second-order valence-electron chi connectivity index (χ2n) is 4.70. The number of furan rings is 1. The van der Waals surface area contributed by atoms with Gasteiger partial charge in [0.25, 0.3) is 5.91 Å². The van der Waals surface area contributed by atoms with Crippen molar-refractivity contribution in [3.05, 3.63) is 60.3 Å². The minimum atomic E-state index is -0.0954. The highest BCUT2D eigenvalue weighted by molar-refractivity contribution is 5.97. The fourth-order valence-electron chi connectivity index (χ4n) is 2.13. The molecule has 0 aliphatic carbocycles. The number of hydrogen-bond donors (Lipinski definition) is 1. The molecule has 0 aliphatic rings. The molecular formula is C16H15N3O2. The minimum Gasteiger partial charge on any atom is -0.469 e. The summed E-state index contributed by atoms with van der Waals surface area (Å²) in [7, 11) is 0. The van der Waals surface area contributed by atoms with Gasteiger partial charge in [0.15, 0.2) is 0 Å². The summed E-state index contributed by atoms with van der Waals surface area (Å²) in [4.78, 5) is 20.4. The van der Waals surface area contributed by atoms with Crippen molar-refractivity contribution in [3.63, 3.8) is 0 Å². The molecule has 1 N–H and O–H groups in total. The molecule has 1 aromatic carbocycles. The molecule has 0 aliphatic heterocycles.